The molecule has 4 rings (SSSR count). The molecule has 0 fully saturated rings. The number of ether oxygens (including phenoxy) is 1. The molecule has 144 valence electrons. The van der Waals surface area contributed by atoms with Gasteiger partial charge in [-0.05, 0) is 41.3 Å². The highest BCUT2D eigenvalue weighted by Crippen LogP contribution is 2.27. The Morgan fingerprint density at radius 3 is 2.86 bits per heavy atom. The molecule has 0 radical (unpaired) electrons. The van der Waals surface area contributed by atoms with Crippen molar-refractivity contribution in [3.63, 3.8) is 0 Å². The van der Waals surface area contributed by atoms with E-state index < -0.39 is 0 Å². The zero-order chi connectivity index (χ0) is 19.5. The van der Waals surface area contributed by atoms with Crippen molar-refractivity contribution in [3.8, 4) is 11.3 Å². The van der Waals surface area contributed by atoms with Crippen LogP contribution in [0, 0.1) is 6.92 Å². The number of rotatable bonds is 5. The number of para-hydroxylation sites is 1. The van der Waals surface area contributed by atoms with Gasteiger partial charge in [-0.3, -0.25) is 4.79 Å². The van der Waals surface area contributed by atoms with Crippen LogP contribution in [0.2, 0.25) is 0 Å². The fourth-order valence-electron chi connectivity index (χ4n) is 3.33. The summed E-state index contributed by atoms with van der Waals surface area (Å²) in [5, 5.41) is 5.03. The van der Waals surface area contributed by atoms with Crippen molar-refractivity contribution < 1.29 is 9.53 Å². The summed E-state index contributed by atoms with van der Waals surface area (Å²) in [6.45, 7) is 6.19. The smallest absolute Gasteiger partial charge is 0.216 e. The van der Waals surface area contributed by atoms with E-state index in [2.05, 4.69) is 46.5 Å². The number of fused-ring (bicyclic) bond motifs is 1. The Bertz CT molecular complexity index is 1080. The summed E-state index contributed by atoms with van der Waals surface area (Å²) in [6, 6.07) is 14.6. The van der Waals surface area contributed by atoms with Crippen molar-refractivity contribution in [2.45, 2.75) is 33.6 Å². The molecular formula is C22H23N3O2S. The lowest BCUT2D eigenvalue weighted by Crippen LogP contribution is -2.28. The molecule has 28 heavy (non-hydrogen) atoms. The van der Waals surface area contributed by atoms with Crippen LogP contribution in [-0.2, 0) is 29.3 Å². The third-order valence-electron chi connectivity index (χ3n) is 4.86. The lowest BCUT2D eigenvalue weighted by molar-refractivity contribution is -0.118. The molecular weight excluding hydrogens is 370 g/mol. The highest BCUT2D eigenvalue weighted by molar-refractivity contribution is 7.07. The summed E-state index contributed by atoms with van der Waals surface area (Å²) in [7, 11) is 0. The Hall–Kier alpha value is -2.70. The monoisotopic (exact) mass is 393 g/mol. The summed E-state index contributed by atoms with van der Waals surface area (Å²) in [6.07, 6.45) is 0. The molecule has 0 aliphatic carbocycles. The fraction of sp³-hybridized carbons (Fsp3) is 0.273. The first-order chi connectivity index (χ1) is 13.6. The Morgan fingerprint density at radius 1 is 1.21 bits per heavy atom. The van der Waals surface area contributed by atoms with E-state index in [4.69, 9.17) is 9.73 Å². The van der Waals surface area contributed by atoms with Gasteiger partial charge in [0.05, 0.1) is 24.6 Å². The molecule has 2 aromatic carbocycles. The molecule has 0 spiro atoms. The Balaban J connectivity index is 1.77. The van der Waals surface area contributed by atoms with Crippen LogP contribution in [0.3, 0.4) is 0 Å². The second-order valence-electron chi connectivity index (χ2n) is 6.91. The summed E-state index contributed by atoms with van der Waals surface area (Å²) in [5.41, 5.74) is 6.86. The number of hydrogen-bond donors (Lipinski definition) is 1. The molecule has 1 aromatic heterocycles. The minimum atomic E-state index is -0.0237. The zero-order valence-corrected chi connectivity index (χ0v) is 16.9. The number of carbonyl (C=O) groups excluding carboxylic acids is 1. The van der Waals surface area contributed by atoms with Gasteiger partial charge in [0.1, 0.15) is 0 Å². The summed E-state index contributed by atoms with van der Waals surface area (Å²) in [4.78, 5) is 17.1. The Morgan fingerprint density at radius 2 is 2.04 bits per heavy atom. The zero-order valence-electron chi connectivity index (χ0n) is 16.1. The third kappa shape index (κ3) is 3.93. The van der Waals surface area contributed by atoms with E-state index in [1.54, 1.807) is 11.3 Å². The number of amides is 1. The topological polar surface area (TPSA) is 55.6 Å². The molecule has 1 N–H and O–H groups in total. The van der Waals surface area contributed by atoms with Crippen LogP contribution in [0.5, 0.6) is 0 Å². The van der Waals surface area contributed by atoms with Crippen LogP contribution >= 0.6 is 11.3 Å². The van der Waals surface area contributed by atoms with Crippen molar-refractivity contribution in [1.82, 2.24) is 9.88 Å². The van der Waals surface area contributed by atoms with E-state index in [1.807, 2.05) is 18.2 Å². The van der Waals surface area contributed by atoms with Crippen LogP contribution in [-0.4, -0.2) is 17.0 Å². The normalized spacial score (nSPS) is 13.6. The molecule has 1 aliphatic rings. The van der Waals surface area contributed by atoms with Crippen LogP contribution < -0.4 is 10.1 Å². The average molecular weight is 394 g/mol. The maximum atomic E-state index is 11.3. The van der Waals surface area contributed by atoms with E-state index in [0.717, 1.165) is 27.3 Å². The molecule has 0 saturated carbocycles. The number of carbonyl (C=O) groups is 1. The lowest BCUT2D eigenvalue weighted by atomic mass is 10.0. The minimum absolute atomic E-state index is 0.0237. The highest BCUT2D eigenvalue weighted by atomic mass is 32.1. The van der Waals surface area contributed by atoms with E-state index in [1.165, 1.54) is 18.1 Å². The van der Waals surface area contributed by atoms with Crippen molar-refractivity contribution in [2.75, 3.05) is 6.54 Å². The van der Waals surface area contributed by atoms with Crippen LogP contribution in [0.4, 0.5) is 5.69 Å². The van der Waals surface area contributed by atoms with Gasteiger partial charge >= 0.3 is 0 Å². The molecule has 0 unspecified atom stereocenters. The SMILES string of the molecule is CC(=O)NCCn1c(-c2ccc3c(c2)COC3)csc1=Nc1ccccc1C. The Kier molecular flexibility index (Phi) is 5.41. The van der Waals surface area contributed by atoms with E-state index in [9.17, 15) is 4.79 Å². The quantitative estimate of drug-likeness (QED) is 0.714. The van der Waals surface area contributed by atoms with Crippen molar-refractivity contribution in [3.05, 3.63) is 69.3 Å². The molecule has 0 bridgehead atoms. The largest absolute Gasteiger partial charge is 0.372 e. The maximum absolute atomic E-state index is 11.3. The summed E-state index contributed by atoms with van der Waals surface area (Å²) >= 11 is 1.62. The van der Waals surface area contributed by atoms with Crippen LogP contribution in [0.25, 0.3) is 11.3 Å². The van der Waals surface area contributed by atoms with Crippen molar-refractivity contribution in [2.24, 2.45) is 4.99 Å². The van der Waals surface area contributed by atoms with Gasteiger partial charge in [-0.1, -0.05) is 30.3 Å². The van der Waals surface area contributed by atoms with Gasteiger partial charge in [-0.15, -0.1) is 11.3 Å². The van der Waals surface area contributed by atoms with Crippen molar-refractivity contribution >= 4 is 22.9 Å². The first-order valence-corrected chi connectivity index (χ1v) is 10.2. The predicted octanol–water partition coefficient (Wildman–Crippen LogP) is 3.92. The molecule has 5 nitrogen and oxygen atoms in total. The lowest BCUT2D eigenvalue weighted by Gasteiger charge is -2.11. The summed E-state index contributed by atoms with van der Waals surface area (Å²) in [5.74, 6) is -0.0237. The van der Waals surface area contributed by atoms with Crippen molar-refractivity contribution in [1.29, 1.82) is 0 Å². The highest BCUT2D eigenvalue weighted by Gasteiger charge is 2.14. The molecule has 0 saturated heterocycles. The van der Waals surface area contributed by atoms with Gasteiger partial charge in [0.25, 0.3) is 0 Å². The van der Waals surface area contributed by atoms with Crippen LogP contribution in [0.1, 0.15) is 23.6 Å². The number of benzene rings is 2. The molecule has 0 atom stereocenters. The molecule has 1 amide bonds. The minimum Gasteiger partial charge on any atom is -0.372 e. The van der Waals surface area contributed by atoms with Crippen LogP contribution in [0.15, 0.2) is 52.8 Å². The van der Waals surface area contributed by atoms with Gasteiger partial charge in [0.15, 0.2) is 4.80 Å². The van der Waals surface area contributed by atoms with Gasteiger partial charge in [-0.25, -0.2) is 4.99 Å². The van der Waals surface area contributed by atoms with E-state index >= 15 is 0 Å². The van der Waals surface area contributed by atoms with E-state index in [0.29, 0.717) is 26.3 Å². The first-order valence-electron chi connectivity index (χ1n) is 9.35. The number of hydrogen-bond acceptors (Lipinski definition) is 4. The number of aryl methyl sites for hydroxylation is 1. The second-order valence-corrected chi connectivity index (χ2v) is 7.75. The maximum Gasteiger partial charge on any atom is 0.216 e. The number of thiazole rings is 1. The second kappa shape index (κ2) is 8.12. The first kappa shape index (κ1) is 18.7. The van der Waals surface area contributed by atoms with Gasteiger partial charge in [0, 0.05) is 25.4 Å². The molecule has 3 aromatic rings. The molecule has 2 heterocycles. The standard InChI is InChI=1S/C22H23N3O2S/c1-15-5-3-4-6-20(15)24-22-25(10-9-23-16(2)26)21(14-28-22)17-7-8-18-12-27-13-19(18)11-17/h3-8,11,14H,9-10,12-13H2,1-2H3,(H,23,26). The Labute approximate surface area is 168 Å². The number of nitrogens with zero attached hydrogens (tertiary/aromatic N) is 2. The van der Waals surface area contributed by atoms with Gasteiger partial charge in [0.2, 0.25) is 5.91 Å². The summed E-state index contributed by atoms with van der Waals surface area (Å²) < 4.78 is 7.74. The third-order valence-corrected chi connectivity index (χ3v) is 5.72. The van der Waals surface area contributed by atoms with Gasteiger partial charge < -0.3 is 14.6 Å². The molecule has 1 aliphatic heterocycles. The fourth-order valence-corrected chi connectivity index (χ4v) is 4.28. The predicted molar refractivity (Wildman–Crippen MR) is 111 cm³/mol. The molecule has 6 heteroatoms. The average Bonchev–Trinajstić information content (AvgIpc) is 3.30. The number of aromatic nitrogens is 1. The van der Waals surface area contributed by atoms with E-state index in [-0.39, 0.29) is 5.91 Å². The van der Waals surface area contributed by atoms with Gasteiger partial charge in [-0.2, -0.15) is 0 Å². The number of nitrogens with one attached hydrogen (secondary N) is 1.